The normalized spacial score (nSPS) is 10.8. The lowest BCUT2D eigenvalue weighted by Crippen LogP contribution is -2.10. The summed E-state index contributed by atoms with van der Waals surface area (Å²) in [5.74, 6) is -1.17. The van der Waals surface area contributed by atoms with Gasteiger partial charge in [0, 0.05) is 0 Å². The molecule has 94 valence electrons. The van der Waals surface area contributed by atoms with E-state index in [4.69, 9.17) is 4.52 Å². The minimum atomic E-state index is -1.17. The van der Waals surface area contributed by atoms with Gasteiger partial charge in [-0.1, -0.05) is 30.3 Å². The van der Waals surface area contributed by atoms with Crippen molar-refractivity contribution < 1.29 is 14.4 Å². The van der Waals surface area contributed by atoms with Crippen molar-refractivity contribution in [3.63, 3.8) is 0 Å². The topological polar surface area (TPSA) is 72.4 Å². The molecule has 1 heterocycles. The Kier molecular flexibility index (Phi) is 3.06. The highest BCUT2D eigenvalue weighted by Gasteiger charge is 2.25. The molecule has 0 radical (unpaired) electrons. The SMILES string of the molecule is CC(C)n1oc(=O)c(-c2ccccc2)c1C(=O)O. The molecule has 0 unspecified atom stereocenters. The van der Waals surface area contributed by atoms with Crippen LogP contribution >= 0.6 is 0 Å². The molecule has 18 heavy (non-hydrogen) atoms. The first-order valence-electron chi connectivity index (χ1n) is 5.57. The van der Waals surface area contributed by atoms with Gasteiger partial charge in [0.25, 0.3) is 0 Å². The van der Waals surface area contributed by atoms with Crippen molar-refractivity contribution in [2.75, 3.05) is 0 Å². The summed E-state index contributed by atoms with van der Waals surface area (Å²) in [5.41, 5.74) is -0.103. The summed E-state index contributed by atoms with van der Waals surface area (Å²) < 4.78 is 6.14. The Hall–Kier alpha value is -2.30. The standard InChI is InChI=1S/C13H13NO4/c1-8(2)14-11(12(15)16)10(13(17)18-14)9-6-4-3-5-7-9/h3-8H,1-2H3,(H,15,16). The summed E-state index contributed by atoms with van der Waals surface area (Å²) in [7, 11) is 0. The van der Waals surface area contributed by atoms with Crippen molar-refractivity contribution in [2.45, 2.75) is 19.9 Å². The second-order valence-electron chi connectivity index (χ2n) is 4.19. The summed E-state index contributed by atoms with van der Waals surface area (Å²) in [6.07, 6.45) is 0. The summed E-state index contributed by atoms with van der Waals surface area (Å²) in [5, 5.41) is 9.25. The third-order valence-corrected chi connectivity index (χ3v) is 2.58. The van der Waals surface area contributed by atoms with Gasteiger partial charge in [0.2, 0.25) is 0 Å². The van der Waals surface area contributed by atoms with Crippen LogP contribution in [-0.2, 0) is 0 Å². The molecule has 5 nitrogen and oxygen atoms in total. The second kappa shape index (κ2) is 4.52. The maximum Gasteiger partial charge on any atom is 0.366 e. The maximum atomic E-state index is 11.8. The Bertz CT molecular complexity index is 622. The Morgan fingerprint density at radius 3 is 2.39 bits per heavy atom. The van der Waals surface area contributed by atoms with E-state index in [9.17, 15) is 14.7 Å². The number of carboxylic acid groups (broad SMARTS) is 1. The number of carbonyl (C=O) groups is 1. The molecule has 0 spiro atoms. The lowest BCUT2D eigenvalue weighted by molar-refractivity contribution is 0.0662. The first-order valence-corrected chi connectivity index (χ1v) is 5.57. The van der Waals surface area contributed by atoms with Crippen LogP contribution in [0.25, 0.3) is 11.1 Å². The van der Waals surface area contributed by atoms with E-state index in [0.717, 1.165) is 4.74 Å². The van der Waals surface area contributed by atoms with Crippen LogP contribution in [0, 0.1) is 0 Å². The van der Waals surface area contributed by atoms with Gasteiger partial charge >= 0.3 is 11.6 Å². The zero-order chi connectivity index (χ0) is 13.3. The number of benzene rings is 1. The van der Waals surface area contributed by atoms with E-state index < -0.39 is 11.6 Å². The van der Waals surface area contributed by atoms with Crippen LogP contribution in [0.4, 0.5) is 0 Å². The molecule has 0 fully saturated rings. The predicted octanol–water partition coefficient (Wildman–Crippen LogP) is 2.39. The van der Waals surface area contributed by atoms with E-state index in [-0.39, 0.29) is 17.3 Å². The molecule has 0 atom stereocenters. The fourth-order valence-corrected chi connectivity index (χ4v) is 1.81. The van der Waals surface area contributed by atoms with E-state index in [1.807, 2.05) is 0 Å². The minimum absolute atomic E-state index is 0.0943. The minimum Gasteiger partial charge on any atom is -0.476 e. The molecular weight excluding hydrogens is 234 g/mol. The Morgan fingerprint density at radius 2 is 1.89 bits per heavy atom. The molecular formula is C13H13NO4. The number of aromatic carboxylic acids is 1. The Morgan fingerprint density at radius 1 is 1.28 bits per heavy atom. The third-order valence-electron chi connectivity index (χ3n) is 2.58. The largest absolute Gasteiger partial charge is 0.476 e. The van der Waals surface area contributed by atoms with Gasteiger partial charge in [-0.25, -0.2) is 9.59 Å². The number of nitrogens with zero attached hydrogens (tertiary/aromatic N) is 1. The second-order valence-corrected chi connectivity index (χ2v) is 4.19. The first kappa shape index (κ1) is 12.2. The molecule has 5 heteroatoms. The van der Waals surface area contributed by atoms with Crippen molar-refractivity contribution in [1.82, 2.24) is 4.74 Å². The molecule has 2 rings (SSSR count). The van der Waals surface area contributed by atoms with Crippen LogP contribution in [0.3, 0.4) is 0 Å². The molecule has 1 N–H and O–H groups in total. The molecule has 0 amide bonds. The van der Waals surface area contributed by atoms with Crippen molar-refractivity contribution >= 4 is 5.97 Å². The van der Waals surface area contributed by atoms with Gasteiger partial charge in [-0.15, -0.1) is 0 Å². The zero-order valence-corrected chi connectivity index (χ0v) is 10.1. The monoisotopic (exact) mass is 247 g/mol. The van der Waals surface area contributed by atoms with Crippen LogP contribution in [0.1, 0.15) is 30.4 Å². The highest BCUT2D eigenvalue weighted by Crippen LogP contribution is 2.23. The predicted molar refractivity (Wildman–Crippen MR) is 65.7 cm³/mol. The zero-order valence-electron chi connectivity index (χ0n) is 10.1. The number of hydrogen-bond donors (Lipinski definition) is 1. The summed E-state index contributed by atoms with van der Waals surface area (Å²) >= 11 is 0. The molecule has 0 saturated carbocycles. The van der Waals surface area contributed by atoms with Crippen molar-refractivity contribution in [3.05, 3.63) is 46.4 Å². The fraction of sp³-hybridized carbons (Fsp3) is 0.231. The average Bonchev–Trinajstić information content (AvgIpc) is 2.68. The number of rotatable bonds is 3. The molecule has 1 aromatic heterocycles. The summed E-state index contributed by atoms with van der Waals surface area (Å²) in [6, 6.07) is 8.42. The van der Waals surface area contributed by atoms with E-state index in [1.54, 1.807) is 44.2 Å². The van der Waals surface area contributed by atoms with Gasteiger partial charge in [-0.2, -0.15) is 4.74 Å². The number of carboxylic acids is 1. The summed E-state index contributed by atoms with van der Waals surface area (Å²) in [4.78, 5) is 23.1. The van der Waals surface area contributed by atoms with E-state index in [0.29, 0.717) is 5.56 Å². The third kappa shape index (κ3) is 1.95. The molecule has 0 bridgehead atoms. The van der Waals surface area contributed by atoms with Gasteiger partial charge in [0.05, 0.1) is 6.04 Å². The van der Waals surface area contributed by atoms with Gasteiger partial charge in [0.15, 0.2) is 5.69 Å². The van der Waals surface area contributed by atoms with Crippen molar-refractivity contribution in [3.8, 4) is 11.1 Å². The van der Waals surface area contributed by atoms with Gasteiger partial charge in [-0.05, 0) is 19.4 Å². The van der Waals surface area contributed by atoms with Crippen molar-refractivity contribution in [1.29, 1.82) is 0 Å². The van der Waals surface area contributed by atoms with Gasteiger partial charge in [0.1, 0.15) is 5.56 Å². The smallest absolute Gasteiger partial charge is 0.366 e. The lowest BCUT2D eigenvalue weighted by atomic mass is 10.1. The van der Waals surface area contributed by atoms with Crippen LogP contribution in [-0.4, -0.2) is 15.8 Å². The van der Waals surface area contributed by atoms with Gasteiger partial charge < -0.3 is 9.63 Å². The highest BCUT2D eigenvalue weighted by atomic mass is 16.5. The molecule has 2 aromatic rings. The van der Waals surface area contributed by atoms with Crippen molar-refractivity contribution in [2.24, 2.45) is 0 Å². The Balaban J connectivity index is 2.75. The molecule has 0 saturated heterocycles. The first-order chi connectivity index (χ1) is 8.52. The number of aromatic nitrogens is 1. The highest BCUT2D eigenvalue weighted by molar-refractivity contribution is 5.93. The molecule has 1 aromatic carbocycles. The molecule has 0 aliphatic heterocycles. The quantitative estimate of drug-likeness (QED) is 0.903. The number of hydrogen-bond acceptors (Lipinski definition) is 3. The average molecular weight is 247 g/mol. The van der Waals surface area contributed by atoms with E-state index in [1.165, 1.54) is 0 Å². The maximum absolute atomic E-state index is 11.8. The van der Waals surface area contributed by atoms with E-state index >= 15 is 0 Å². The van der Waals surface area contributed by atoms with Gasteiger partial charge in [-0.3, -0.25) is 0 Å². The van der Waals surface area contributed by atoms with Crippen LogP contribution < -0.4 is 5.63 Å². The van der Waals surface area contributed by atoms with Crippen LogP contribution in [0.2, 0.25) is 0 Å². The fourth-order valence-electron chi connectivity index (χ4n) is 1.81. The summed E-state index contributed by atoms with van der Waals surface area (Å²) in [6.45, 7) is 3.51. The molecule has 0 aliphatic carbocycles. The van der Waals surface area contributed by atoms with Crippen LogP contribution in [0.5, 0.6) is 0 Å². The van der Waals surface area contributed by atoms with Crippen LogP contribution in [0.15, 0.2) is 39.6 Å². The lowest BCUT2D eigenvalue weighted by Gasteiger charge is -2.07. The Labute approximate surface area is 103 Å². The molecule has 0 aliphatic rings. The van der Waals surface area contributed by atoms with E-state index in [2.05, 4.69) is 0 Å².